The van der Waals surface area contributed by atoms with Crippen LogP contribution in [0.5, 0.6) is 0 Å². The van der Waals surface area contributed by atoms with E-state index in [4.69, 9.17) is 14.2 Å². The van der Waals surface area contributed by atoms with Crippen LogP contribution >= 0.6 is 0 Å². The standard InChI is InChI=1S/C42H48N10O11/c1-24-18-28(40(60)52-35(24)37(57)50-42(52)10-8-41(6-7-41)9-11-42)48-31-20-30(45-23-46-31)44-21-33(54)43-12-13-61-14-15-62-16-17-63-22-34(55)47-25-2-3-26-27(19-25)39(59)51(38(26)58)29-4-5-32(53)49-36(29)56/h2-3,18-20,23,29H,4-17,21-22H2,1H3,(H,43,54)(H,47,55)(H,50,57)(H,49,53,56)(H2,44,45,46,48). The summed E-state index contributed by atoms with van der Waals surface area (Å²) in [6, 6.07) is 6.39. The summed E-state index contributed by atoms with van der Waals surface area (Å²) in [4.78, 5) is 111. The summed E-state index contributed by atoms with van der Waals surface area (Å²) >= 11 is 0. The number of amides is 7. The third-order valence-corrected chi connectivity index (χ3v) is 12.1. The number of rotatable bonds is 18. The van der Waals surface area contributed by atoms with Crippen LogP contribution in [0, 0.1) is 12.3 Å². The number of carbonyl (C=O) groups is 7. The lowest BCUT2D eigenvalue weighted by atomic mass is 9.79. The van der Waals surface area contributed by atoms with E-state index in [1.807, 2.05) is 6.92 Å². The van der Waals surface area contributed by atoms with Crippen LogP contribution in [0.25, 0.3) is 0 Å². The molecule has 3 aliphatic heterocycles. The van der Waals surface area contributed by atoms with Crippen molar-refractivity contribution < 1.29 is 47.8 Å². The highest BCUT2D eigenvalue weighted by Crippen LogP contribution is 2.59. The first kappa shape index (κ1) is 43.1. The molecule has 5 aliphatic rings. The van der Waals surface area contributed by atoms with E-state index in [0.29, 0.717) is 34.0 Å². The van der Waals surface area contributed by atoms with Crippen molar-refractivity contribution in [3.8, 4) is 0 Å². The normalized spacial score (nSPS) is 19.1. The third-order valence-electron chi connectivity index (χ3n) is 12.1. The molecule has 0 radical (unpaired) electrons. The Morgan fingerprint density at radius 1 is 0.825 bits per heavy atom. The number of hydrogen-bond donors (Lipinski definition) is 6. The van der Waals surface area contributed by atoms with E-state index in [2.05, 4.69) is 41.9 Å². The van der Waals surface area contributed by atoms with Gasteiger partial charge in [-0.1, -0.05) is 0 Å². The molecular weight excluding hydrogens is 821 g/mol. The summed E-state index contributed by atoms with van der Waals surface area (Å²) in [6.07, 6.45) is 7.20. The van der Waals surface area contributed by atoms with Gasteiger partial charge in [0.2, 0.25) is 23.6 Å². The zero-order valence-corrected chi connectivity index (χ0v) is 34.6. The zero-order chi connectivity index (χ0) is 44.3. The number of anilines is 4. The molecule has 2 aliphatic carbocycles. The van der Waals surface area contributed by atoms with Crippen LogP contribution < -0.4 is 37.5 Å². The average Bonchev–Trinajstić information content (AvgIpc) is 3.90. The second-order valence-electron chi connectivity index (χ2n) is 16.4. The lowest BCUT2D eigenvalue weighted by Gasteiger charge is -2.39. The molecule has 21 heteroatoms. The highest BCUT2D eigenvalue weighted by molar-refractivity contribution is 6.24. The second-order valence-corrected chi connectivity index (χ2v) is 16.4. The van der Waals surface area contributed by atoms with Crippen LogP contribution in [0.15, 0.2) is 41.5 Å². The number of nitrogens with zero attached hydrogens (tertiary/aromatic N) is 4. The van der Waals surface area contributed by atoms with Gasteiger partial charge in [0.05, 0.1) is 50.7 Å². The van der Waals surface area contributed by atoms with Crippen molar-refractivity contribution in [1.29, 1.82) is 0 Å². The maximum atomic E-state index is 13.8. The molecule has 2 aromatic heterocycles. The van der Waals surface area contributed by atoms with Crippen molar-refractivity contribution in [3.63, 3.8) is 0 Å². The first-order valence-corrected chi connectivity index (χ1v) is 20.9. The molecule has 1 unspecified atom stereocenters. The molecule has 0 bridgehead atoms. The van der Waals surface area contributed by atoms with E-state index in [0.717, 1.165) is 30.6 Å². The van der Waals surface area contributed by atoms with Crippen LogP contribution in [0.2, 0.25) is 0 Å². The summed E-state index contributed by atoms with van der Waals surface area (Å²) in [5.41, 5.74) is 1.15. The fourth-order valence-electron chi connectivity index (χ4n) is 8.58. The number of carbonyl (C=O) groups excluding carboxylic acids is 7. The van der Waals surface area contributed by atoms with E-state index in [1.165, 1.54) is 37.4 Å². The molecule has 1 aromatic carbocycles. The Kier molecular flexibility index (Phi) is 12.3. The molecule has 2 saturated carbocycles. The molecule has 7 amide bonds. The van der Waals surface area contributed by atoms with E-state index < -0.39 is 41.2 Å². The molecule has 63 heavy (non-hydrogen) atoms. The van der Waals surface area contributed by atoms with E-state index >= 15 is 0 Å². The van der Waals surface area contributed by atoms with Crippen molar-refractivity contribution in [2.75, 3.05) is 68.7 Å². The van der Waals surface area contributed by atoms with Crippen molar-refractivity contribution in [1.82, 2.24) is 35.4 Å². The first-order chi connectivity index (χ1) is 30.3. The SMILES string of the molecule is Cc1cc(Nc2cc(NCC(=O)NCCOCCOCCOCC(=O)Nc3ccc4c(c3)C(=O)N(C3CCC(=O)NC3=O)C4=O)ncn2)c(=O)n2c1C(=O)NC21CCC2(CC2)CC1. The molecule has 3 fully saturated rings. The quantitative estimate of drug-likeness (QED) is 0.0771. The van der Waals surface area contributed by atoms with Crippen LogP contribution in [0.1, 0.15) is 88.1 Å². The fourth-order valence-corrected chi connectivity index (χ4v) is 8.58. The molecule has 332 valence electrons. The maximum absolute atomic E-state index is 13.8. The van der Waals surface area contributed by atoms with Crippen molar-refractivity contribution in [2.45, 2.75) is 70.0 Å². The molecule has 1 atom stereocenters. The average molecular weight is 869 g/mol. The lowest BCUT2D eigenvalue weighted by molar-refractivity contribution is -0.136. The van der Waals surface area contributed by atoms with Gasteiger partial charge in [0.25, 0.3) is 23.3 Å². The van der Waals surface area contributed by atoms with Gasteiger partial charge in [-0.3, -0.25) is 53.1 Å². The van der Waals surface area contributed by atoms with E-state index in [9.17, 15) is 38.4 Å². The molecule has 1 saturated heterocycles. The Balaban J connectivity index is 0.680. The Bertz CT molecular complexity index is 2420. The highest BCUT2D eigenvalue weighted by Gasteiger charge is 2.54. The molecule has 3 aromatic rings. The largest absolute Gasteiger partial charge is 0.377 e. The second kappa shape index (κ2) is 18.0. The number of hydrogen-bond acceptors (Lipinski definition) is 15. The number of nitrogens with one attached hydrogen (secondary N) is 6. The summed E-state index contributed by atoms with van der Waals surface area (Å²) in [5, 5.41) is 16.7. The molecule has 21 nitrogen and oxygen atoms in total. The Hall–Kier alpha value is -6.58. The Morgan fingerprint density at radius 2 is 1.52 bits per heavy atom. The molecule has 8 rings (SSSR count). The van der Waals surface area contributed by atoms with Gasteiger partial charge in [-0.25, -0.2) is 9.97 Å². The van der Waals surface area contributed by atoms with E-state index in [1.54, 1.807) is 16.7 Å². The predicted octanol–water partition coefficient (Wildman–Crippen LogP) is 1.06. The van der Waals surface area contributed by atoms with Gasteiger partial charge in [-0.05, 0) is 87.1 Å². The first-order valence-electron chi connectivity index (χ1n) is 20.9. The number of aromatic nitrogens is 3. The molecule has 2 spiro atoms. The number of benzene rings is 1. The highest BCUT2D eigenvalue weighted by atomic mass is 16.5. The number of piperidine rings is 1. The van der Waals surface area contributed by atoms with Gasteiger partial charge in [0.1, 0.15) is 47.7 Å². The summed E-state index contributed by atoms with van der Waals surface area (Å²) < 4.78 is 18.0. The minimum absolute atomic E-state index is 0.0101. The molecule has 5 heterocycles. The van der Waals surface area contributed by atoms with Crippen molar-refractivity contribution in [3.05, 3.63) is 69.4 Å². The summed E-state index contributed by atoms with van der Waals surface area (Å²) in [6.45, 7) is 2.75. The third kappa shape index (κ3) is 9.30. The van der Waals surface area contributed by atoms with Gasteiger partial charge >= 0.3 is 0 Å². The molecular formula is C42H48N10O11. The van der Waals surface area contributed by atoms with E-state index in [-0.39, 0.29) is 99.8 Å². The number of pyridine rings is 1. The molecule has 6 N–H and O–H groups in total. The van der Waals surface area contributed by atoms with Gasteiger partial charge in [-0.15, -0.1) is 0 Å². The minimum atomic E-state index is -1.09. The van der Waals surface area contributed by atoms with Crippen molar-refractivity contribution in [2.24, 2.45) is 5.41 Å². The maximum Gasteiger partial charge on any atom is 0.276 e. The zero-order valence-electron chi connectivity index (χ0n) is 34.6. The fraction of sp³-hybridized carbons (Fsp3) is 0.476. The van der Waals surface area contributed by atoms with Crippen molar-refractivity contribution >= 4 is 64.4 Å². The summed E-state index contributed by atoms with van der Waals surface area (Å²) in [7, 11) is 0. The monoisotopic (exact) mass is 868 g/mol. The summed E-state index contributed by atoms with van der Waals surface area (Å²) in [5.74, 6) is -2.80. The minimum Gasteiger partial charge on any atom is -0.377 e. The number of imide groups is 2. The topological polar surface area (TPSA) is 270 Å². The van der Waals surface area contributed by atoms with Gasteiger partial charge < -0.3 is 40.8 Å². The number of aryl methyl sites for hydroxylation is 1. The van der Waals surface area contributed by atoms with Crippen LogP contribution in [-0.4, -0.2) is 120 Å². The van der Waals surface area contributed by atoms with Gasteiger partial charge in [0.15, 0.2) is 0 Å². The smallest absolute Gasteiger partial charge is 0.276 e. The van der Waals surface area contributed by atoms with Crippen LogP contribution in [0.4, 0.5) is 23.0 Å². The van der Waals surface area contributed by atoms with Crippen LogP contribution in [-0.2, 0) is 39.1 Å². The Morgan fingerprint density at radius 3 is 2.27 bits per heavy atom. The number of fused-ring (bicyclic) bond motifs is 3. The van der Waals surface area contributed by atoms with Gasteiger partial charge in [0, 0.05) is 24.7 Å². The lowest BCUT2D eigenvalue weighted by Crippen LogP contribution is -2.54. The Labute approximate surface area is 360 Å². The predicted molar refractivity (Wildman–Crippen MR) is 222 cm³/mol. The van der Waals surface area contributed by atoms with Gasteiger partial charge in [-0.2, -0.15) is 0 Å². The van der Waals surface area contributed by atoms with Crippen LogP contribution in [0.3, 0.4) is 0 Å². The number of ether oxygens (including phenoxy) is 3.